The highest BCUT2D eigenvalue weighted by Crippen LogP contribution is 2.35. The van der Waals surface area contributed by atoms with Crippen molar-refractivity contribution >= 4 is 39.1 Å². The summed E-state index contributed by atoms with van der Waals surface area (Å²) in [6.45, 7) is 5.46. The number of anilines is 1. The Hall–Kier alpha value is -3.00. The van der Waals surface area contributed by atoms with Gasteiger partial charge in [0, 0.05) is 17.6 Å². The topological polar surface area (TPSA) is 94.3 Å². The van der Waals surface area contributed by atoms with Crippen LogP contribution in [0.4, 0.5) is 10.1 Å². The smallest absolute Gasteiger partial charge is 0.351 e. The first-order chi connectivity index (χ1) is 13.3. The number of nitrogens with one attached hydrogen (secondary N) is 1. The Bertz CT molecular complexity index is 1050. The molecular formula is C20H20FN3O3S. The van der Waals surface area contributed by atoms with Gasteiger partial charge in [-0.1, -0.05) is 12.1 Å². The lowest BCUT2D eigenvalue weighted by atomic mass is 10.1. The molecule has 146 valence electrons. The van der Waals surface area contributed by atoms with Crippen LogP contribution in [-0.4, -0.2) is 23.0 Å². The molecule has 0 spiro atoms. The van der Waals surface area contributed by atoms with Crippen LogP contribution in [0.1, 0.15) is 33.4 Å². The zero-order valence-electron chi connectivity index (χ0n) is 15.7. The van der Waals surface area contributed by atoms with Crippen LogP contribution >= 0.6 is 11.3 Å². The Morgan fingerprint density at radius 1 is 1.29 bits per heavy atom. The third kappa shape index (κ3) is 4.12. The molecule has 0 radical (unpaired) electrons. The van der Waals surface area contributed by atoms with Gasteiger partial charge < -0.3 is 15.8 Å². The van der Waals surface area contributed by atoms with Gasteiger partial charge in [-0.3, -0.25) is 4.79 Å². The lowest BCUT2D eigenvalue weighted by Gasteiger charge is -2.13. The number of fused-ring (bicyclic) bond motifs is 1. The first-order valence-corrected chi connectivity index (χ1v) is 9.47. The molecule has 0 fully saturated rings. The molecule has 0 aliphatic carbocycles. The van der Waals surface area contributed by atoms with Gasteiger partial charge in [-0.15, -0.1) is 11.3 Å². The summed E-state index contributed by atoms with van der Waals surface area (Å²) in [6.07, 6.45) is -1.01. The predicted molar refractivity (Wildman–Crippen MR) is 107 cm³/mol. The number of hydrogen-bond acceptors (Lipinski definition) is 6. The highest BCUT2D eigenvalue weighted by atomic mass is 32.1. The van der Waals surface area contributed by atoms with Crippen LogP contribution in [-0.2, 0) is 16.1 Å². The van der Waals surface area contributed by atoms with E-state index in [2.05, 4.69) is 10.3 Å². The van der Waals surface area contributed by atoms with E-state index in [9.17, 15) is 14.0 Å². The van der Waals surface area contributed by atoms with E-state index < -0.39 is 18.0 Å². The van der Waals surface area contributed by atoms with Crippen molar-refractivity contribution in [3.05, 3.63) is 57.8 Å². The molecule has 0 saturated heterocycles. The van der Waals surface area contributed by atoms with Crippen molar-refractivity contribution in [1.82, 2.24) is 10.3 Å². The summed E-state index contributed by atoms with van der Waals surface area (Å²) in [6, 6.07) is 7.66. The quantitative estimate of drug-likeness (QED) is 0.638. The Morgan fingerprint density at radius 2 is 1.96 bits per heavy atom. The third-order valence-electron chi connectivity index (χ3n) is 4.24. The largest absolute Gasteiger partial charge is 0.448 e. The zero-order chi connectivity index (χ0) is 20.4. The number of ether oxygens (including phenoxy) is 1. The SMILES string of the molecule is Cc1cc(C)c2c(N)c(C(=O)OC(C)C(=O)NCc3ccc(F)cc3)sc2n1. The standard InChI is InChI=1S/C20H20FN3O3S/c1-10-8-11(2)24-19-15(10)16(22)17(28-19)20(26)27-12(3)18(25)23-9-13-4-6-14(21)7-5-13/h4-8,12H,9,22H2,1-3H3,(H,23,25). The van der Waals surface area contributed by atoms with E-state index in [1.54, 1.807) is 12.1 Å². The summed E-state index contributed by atoms with van der Waals surface area (Å²) in [5, 5.41) is 3.39. The molecular weight excluding hydrogens is 381 g/mol. The van der Waals surface area contributed by atoms with E-state index in [1.165, 1.54) is 19.1 Å². The van der Waals surface area contributed by atoms with Crippen molar-refractivity contribution in [3.63, 3.8) is 0 Å². The lowest BCUT2D eigenvalue weighted by molar-refractivity contribution is -0.129. The average molecular weight is 401 g/mol. The number of nitrogens with zero attached hydrogens (tertiary/aromatic N) is 1. The van der Waals surface area contributed by atoms with Gasteiger partial charge in [-0.25, -0.2) is 14.2 Å². The normalized spacial score (nSPS) is 12.0. The second-order valence-corrected chi connectivity index (χ2v) is 7.50. The molecule has 1 amide bonds. The van der Waals surface area contributed by atoms with Crippen molar-refractivity contribution in [3.8, 4) is 0 Å². The fourth-order valence-corrected chi connectivity index (χ4v) is 3.92. The minimum Gasteiger partial charge on any atom is -0.448 e. The maximum absolute atomic E-state index is 12.9. The number of esters is 1. The molecule has 1 aromatic carbocycles. The molecule has 0 saturated carbocycles. The minimum absolute atomic E-state index is 0.203. The van der Waals surface area contributed by atoms with Crippen molar-refractivity contribution in [2.45, 2.75) is 33.4 Å². The van der Waals surface area contributed by atoms with Crippen molar-refractivity contribution in [1.29, 1.82) is 0 Å². The fraction of sp³-hybridized carbons (Fsp3) is 0.250. The molecule has 1 unspecified atom stereocenters. The molecule has 2 heterocycles. The molecule has 6 nitrogen and oxygen atoms in total. The number of nitrogens with two attached hydrogens (primary N) is 1. The maximum Gasteiger partial charge on any atom is 0.351 e. The van der Waals surface area contributed by atoms with Crippen LogP contribution in [0, 0.1) is 19.7 Å². The number of thiophene rings is 1. The zero-order valence-corrected chi connectivity index (χ0v) is 16.5. The summed E-state index contributed by atoms with van der Waals surface area (Å²) in [5.74, 6) is -1.47. The molecule has 1 atom stereocenters. The first-order valence-electron chi connectivity index (χ1n) is 8.65. The maximum atomic E-state index is 12.9. The summed E-state index contributed by atoms with van der Waals surface area (Å²) in [7, 11) is 0. The van der Waals surface area contributed by atoms with Gasteiger partial charge >= 0.3 is 5.97 Å². The molecule has 0 aliphatic heterocycles. The molecule has 2 aromatic heterocycles. The summed E-state index contributed by atoms with van der Waals surface area (Å²) >= 11 is 1.15. The first kappa shape index (κ1) is 19.8. The van der Waals surface area contributed by atoms with Gasteiger partial charge in [0.1, 0.15) is 15.5 Å². The number of pyridine rings is 1. The van der Waals surface area contributed by atoms with Gasteiger partial charge in [0.25, 0.3) is 5.91 Å². The monoisotopic (exact) mass is 401 g/mol. The number of aromatic nitrogens is 1. The van der Waals surface area contributed by atoms with Crippen molar-refractivity contribution < 1.29 is 18.7 Å². The molecule has 0 bridgehead atoms. The highest BCUT2D eigenvalue weighted by Gasteiger charge is 2.24. The second kappa shape index (κ2) is 7.93. The molecule has 28 heavy (non-hydrogen) atoms. The van der Waals surface area contributed by atoms with Crippen LogP contribution in [0.15, 0.2) is 30.3 Å². The number of nitrogen functional groups attached to an aromatic ring is 1. The predicted octanol–water partition coefficient (Wildman–Crippen LogP) is 3.50. The van der Waals surface area contributed by atoms with Gasteiger partial charge in [0.2, 0.25) is 0 Å². The van der Waals surface area contributed by atoms with E-state index in [-0.39, 0.29) is 17.2 Å². The highest BCUT2D eigenvalue weighted by molar-refractivity contribution is 7.21. The number of halogens is 1. The average Bonchev–Trinajstić information content (AvgIpc) is 2.97. The number of hydrogen-bond donors (Lipinski definition) is 2. The molecule has 3 N–H and O–H groups in total. The van der Waals surface area contributed by atoms with Crippen LogP contribution in [0.5, 0.6) is 0 Å². The Labute approximate surface area is 165 Å². The van der Waals surface area contributed by atoms with Gasteiger partial charge in [-0.2, -0.15) is 0 Å². The van der Waals surface area contributed by atoms with E-state index >= 15 is 0 Å². The number of carbonyl (C=O) groups is 2. The molecule has 8 heteroatoms. The third-order valence-corrected chi connectivity index (χ3v) is 5.32. The number of aryl methyl sites for hydroxylation is 2. The number of benzene rings is 1. The Kier molecular flexibility index (Phi) is 5.60. The van der Waals surface area contributed by atoms with Crippen LogP contribution in [0.3, 0.4) is 0 Å². The summed E-state index contributed by atoms with van der Waals surface area (Å²) < 4.78 is 18.2. The summed E-state index contributed by atoms with van der Waals surface area (Å²) in [5.41, 5.74) is 8.94. The van der Waals surface area contributed by atoms with Crippen molar-refractivity contribution in [2.75, 3.05) is 5.73 Å². The van der Waals surface area contributed by atoms with Gasteiger partial charge in [0.05, 0.1) is 5.69 Å². The van der Waals surface area contributed by atoms with E-state index in [0.29, 0.717) is 10.5 Å². The van der Waals surface area contributed by atoms with Crippen LogP contribution in [0.25, 0.3) is 10.2 Å². The van der Waals surface area contributed by atoms with E-state index in [1.807, 2.05) is 19.9 Å². The van der Waals surface area contributed by atoms with Crippen LogP contribution in [0.2, 0.25) is 0 Å². The molecule has 3 rings (SSSR count). The number of amides is 1. The number of carbonyl (C=O) groups excluding carboxylic acids is 2. The minimum atomic E-state index is -1.01. The van der Waals surface area contributed by atoms with E-state index in [4.69, 9.17) is 10.5 Å². The molecule has 3 aromatic rings. The Balaban J connectivity index is 1.67. The van der Waals surface area contributed by atoms with Crippen LogP contribution < -0.4 is 11.1 Å². The fourth-order valence-electron chi connectivity index (χ4n) is 2.82. The van der Waals surface area contributed by atoms with Gasteiger partial charge in [0.15, 0.2) is 6.10 Å². The van der Waals surface area contributed by atoms with E-state index in [0.717, 1.165) is 33.5 Å². The Morgan fingerprint density at radius 3 is 2.64 bits per heavy atom. The second-order valence-electron chi connectivity index (χ2n) is 6.50. The summed E-state index contributed by atoms with van der Waals surface area (Å²) in [4.78, 5) is 30.0. The van der Waals surface area contributed by atoms with Gasteiger partial charge in [-0.05, 0) is 50.1 Å². The molecule has 0 aliphatic rings. The number of rotatable bonds is 5. The van der Waals surface area contributed by atoms with Crippen molar-refractivity contribution in [2.24, 2.45) is 0 Å². The lowest BCUT2D eigenvalue weighted by Crippen LogP contribution is -2.35.